The highest BCUT2D eigenvalue weighted by Crippen LogP contribution is 2.16. The number of benzene rings is 1. The van der Waals surface area contributed by atoms with Crippen LogP contribution in [0.1, 0.15) is 0 Å². The van der Waals surface area contributed by atoms with E-state index in [0.717, 1.165) is 10.2 Å². The molecule has 0 aliphatic heterocycles. The maximum absolute atomic E-state index is 4.93. The van der Waals surface area contributed by atoms with Gasteiger partial charge >= 0.3 is 0 Å². The number of halogens is 1. The Balaban J connectivity index is 2.94. The molecule has 2 heteroatoms. The second kappa shape index (κ2) is 2.87. The number of hydrogen-bond donors (Lipinski definition) is 0. The van der Waals surface area contributed by atoms with Gasteiger partial charge in [-0.3, -0.25) is 0 Å². The van der Waals surface area contributed by atoms with E-state index < -0.39 is 0 Å². The molecule has 0 unspecified atom stereocenters. The molecule has 0 N–H and O–H groups in total. The third-order valence-electron chi connectivity index (χ3n) is 0.963. The zero-order chi connectivity index (χ0) is 6.69. The van der Waals surface area contributed by atoms with Crippen molar-refractivity contribution in [2.45, 2.75) is 0 Å². The van der Waals surface area contributed by atoms with Crippen LogP contribution in [0.2, 0.25) is 0 Å². The molecule has 0 saturated carbocycles. The fraction of sp³-hybridized carbons (Fsp3) is 0.143. The number of rotatable bonds is 1. The SMILES string of the molecule is COc1c[c]cc(Br)c1. The second-order valence-corrected chi connectivity index (χ2v) is 2.51. The molecule has 1 aromatic rings. The van der Waals surface area contributed by atoms with Crippen molar-refractivity contribution in [1.82, 2.24) is 0 Å². The molecule has 0 aliphatic carbocycles. The highest BCUT2D eigenvalue weighted by molar-refractivity contribution is 9.10. The minimum atomic E-state index is 0.823. The molecule has 0 amide bonds. The topological polar surface area (TPSA) is 9.23 Å². The minimum Gasteiger partial charge on any atom is -0.497 e. The number of methoxy groups -OCH3 is 1. The van der Waals surface area contributed by atoms with E-state index in [1.54, 1.807) is 13.2 Å². The van der Waals surface area contributed by atoms with Crippen molar-refractivity contribution >= 4 is 15.9 Å². The first-order valence-electron chi connectivity index (χ1n) is 2.53. The van der Waals surface area contributed by atoms with Crippen LogP contribution in [0, 0.1) is 6.07 Å². The van der Waals surface area contributed by atoms with Gasteiger partial charge in [-0.25, -0.2) is 0 Å². The van der Waals surface area contributed by atoms with Crippen LogP contribution in [-0.2, 0) is 0 Å². The van der Waals surface area contributed by atoms with Gasteiger partial charge in [0.15, 0.2) is 0 Å². The maximum atomic E-state index is 4.93. The summed E-state index contributed by atoms with van der Waals surface area (Å²) in [7, 11) is 1.63. The Hall–Kier alpha value is -0.500. The lowest BCUT2D eigenvalue weighted by Gasteiger charge is -1.96. The summed E-state index contributed by atoms with van der Waals surface area (Å²) in [4.78, 5) is 0. The molecule has 0 aliphatic rings. The Bertz CT molecular complexity index is 198. The zero-order valence-electron chi connectivity index (χ0n) is 5.02. The van der Waals surface area contributed by atoms with E-state index >= 15 is 0 Å². The van der Waals surface area contributed by atoms with Gasteiger partial charge in [0.05, 0.1) is 7.11 Å². The summed E-state index contributed by atoms with van der Waals surface area (Å²) >= 11 is 3.29. The molecule has 9 heavy (non-hydrogen) atoms. The third kappa shape index (κ3) is 1.72. The van der Waals surface area contributed by atoms with Crippen LogP contribution in [-0.4, -0.2) is 7.11 Å². The summed E-state index contributed by atoms with van der Waals surface area (Å²) < 4.78 is 5.92. The molecule has 0 heterocycles. The molecule has 0 bridgehead atoms. The van der Waals surface area contributed by atoms with Gasteiger partial charge in [0, 0.05) is 4.47 Å². The van der Waals surface area contributed by atoms with Gasteiger partial charge in [0.2, 0.25) is 0 Å². The highest BCUT2D eigenvalue weighted by Gasteiger charge is 1.88. The van der Waals surface area contributed by atoms with Crippen molar-refractivity contribution in [1.29, 1.82) is 0 Å². The van der Waals surface area contributed by atoms with Crippen molar-refractivity contribution in [3.63, 3.8) is 0 Å². The standard InChI is InChI=1S/C7H6BrO/c1-9-7-4-2-3-6(8)5-7/h3-5H,1H3. The van der Waals surface area contributed by atoms with E-state index in [0.29, 0.717) is 0 Å². The minimum absolute atomic E-state index is 0.823. The van der Waals surface area contributed by atoms with E-state index in [-0.39, 0.29) is 0 Å². The normalized spacial score (nSPS) is 9.11. The predicted octanol–water partition coefficient (Wildman–Crippen LogP) is 2.26. The molecule has 0 fully saturated rings. The third-order valence-corrected chi connectivity index (χ3v) is 1.42. The molecule has 1 nitrogen and oxygen atoms in total. The first-order chi connectivity index (χ1) is 4.33. The molecule has 0 aromatic heterocycles. The van der Waals surface area contributed by atoms with Crippen molar-refractivity contribution < 1.29 is 4.74 Å². The molecular formula is C7H6BrO. The van der Waals surface area contributed by atoms with Gasteiger partial charge in [-0.2, -0.15) is 0 Å². The van der Waals surface area contributed by atoms with Crippen molar-refractivity contribution in [3.05, 3.63) is 28.7 Å². The first-order valence-corrected chi connectivity index (χ1v) is 3.33. The van der Waals surface area contributed by atoms with Crippen LogP contribution in [0.4, 0.5) is 0 Å². The summed E-state index contributed by atoms with van der Waals surface area (Å²) in [6.07, 6.45) is 0. The van der Waals surface area contributed by atoms with Crippen LogP contribution in [0.5, 0.6) is 5.75 Å². The van der Waals surface area contributed by atoms with Gasteiger partial charge in [0.1, 0.15) is 5.75 Å². The van der Waals surface area contributed by atoms with E-state index in [1.165, 1.54) is 0 Å². The zero-order valence-corrected chi connectivity index (χ0v) is 6.60. The molecule has 0 spiro atoms. The fourth-order valence-electron chi connectivity index (χ4n) is 0.540. The van der Waals surface area contributed by atoms with Crippen LogP contribution in [0.25, 0.3) is 0 Å². The van der Waals surface area contributed by atoms with Crippen molar-refractivity contribution in [2.75, 3.05) is 7.11 Å². The Labute approximate surface area is 62.8 Å². The van der Waals surface area contributed by atoms with Crippen LogP contribution in [0.15, 0.2) is 22.7 Å². The van der Waals surface area contributed by atoms with Gasteiger partial charge in [-0.1, -0.05) is 15.9 Å². The van der Waals surface area contributed by atoms with Crippen LogP contribution in [0.3, 0.4) is 0 Å². The Morgan fingerprint density at radius 3 is 2.78 bits per heavy atom. The van der Waals surface area contributed by atoms with E-state index in [2.05, 4.69) is 22.0 Å². The van der Waals surface area contributed by atoms with Gasteiger partial charge in [-0.05, 0) is 24.3 Å². The molecule has 1 radical (unpaired) electrons. The summed E-state index contributed by atoms with van der Waals surface area (Å²) in [5.74, 6) is 0.823. The fourth-order valence-corrected chi connectivity index (χ4v) is 0.898. The van der Waals surface area contributed by atoms with E-state index in [1.807, 2.05) is 12.1 Å². The summed E-state index contributed by atoms with van der Waals surface area (Å²) in [5.41, 5.74) is 0. The average molecular weight is 186 g/mol. The average Bonchev–Trinajstić information content (AvgIpc) is 1.88. The molecular weight excluding hydrogens is 180 g/mol. The lowest BCUT2D eigenvalue weighted by molar-refractivity contribution is 0.414. The van der Waals surface area contributed by atoms with E-state index in [4.69, 9.17) is 4.74 Å². The van der Waals surface area contributed by atoms with Crippen molar-refractivity contribution in [3.8, 4) is 5.75 Å². The van der Waals surface area contributed by atoms with Gasteiger partial charge in [0.25, 0.3) is 0 Å². The van der Waals surface area contributed by atoms with Crippen LogP contribution < -0.4 is 4.74 Å². The lowest BCUT2D eigenvalue weighted by Crippen LogP contribution is -1.80. The van der Waals surface area contributed by atoms with Gasteiger partial charge in [-0.15, -0.1) is 0 Å². The number of hydrogen-bond acceptors (Lipinski definition) is 1. The summed E-state index contributed by atoms with van der Waals surface area (Å²) in [5, 5.41) is 0. The molecule has 1 rings (SSSR count). The van der Waals surface area contributed by atoms with Crippen LogP contribution >= 0.6 is 15.9 Å². The second-order valence-electron chi connectivity index (χ2n) is 1.59. The number of ether oxygens (including phenoxy) is 1. The monoisotopic (exact) mass is 185 g/mol. The molecule has 1 aromatic carbocycles. The van der Waals surface area contributed by atoms with Crippen molar-refractivity contribution in [2.24, 2.45) is 0 Å². The van der Waals surface area contributed by atoms with E-state index in [9.17, 15) is 0 Å². The summed E-state index contributed by atoms with van der Waals surface area (Å²) in [6.45, 7) is 0. The lowest BCUT2D eigenvalue weighted by atomic mass is 10.3. The quantitative estimate of drug-likeness (QED) is 0.653. The Morgan fingerprint density at radius 1 is 1.56 bits per heavy atom. The molecule has 47 valence electrons. The highest BCUT2D eigenvalue weighted by atomic mass is 79.9. The molecule has 0 saturated heterocycles. The predicted molar refractivity (Wildman–Crippen MR) is 39.5 cm³/mol. The largest absolute Gasteiger partial charge is 0.497 e. The molecule has 0 atom stereocenters. The first kappa shape index (κ1) is 6.62. The Morgan fingerprint density at radius 2 is 2.33 bits per heavy atom. The smallest absolute Gasteiger partial charge is 0.120 e. The maximum Gasteiger partial charge on any atom is 0.120 e. The Kier molecular flexibility index (Phi) is 2.11. The summed E-state index contributed by atoms with van der Waals surface area (Å²) in [6, 6.07) is 8.41. The van der Waals surface area contributed by atoms with Gasteiger partial charge < -0.3 is 4.74 Å².